The van der Waals surface area contributed by atoms with Crippen molar-refractivity contribution in [1.82, 2.24) is 24.6 Å². The Morgan fingerprint density at radius 2 is 1.77 bits per heavy atom. The number of hydrogen-bond acceptors (Lipinski definition) is 4. The van der Waals surface area contributed by atoms with Gasteiger partial charge in [0.2, 0.25) is 0 Å². The molecule has 0 aliphatic carbocycles. The maximum Gasteiger partial charge on any atom is 0.253 e. The highest BCUT2D eigenvalue weighted by molar-refractivity contribution is 6.30. The summed E-state index contributed by atoms with van der Waals surface area (Å²) < 4.78 is 1.72. The standard InChI is InChI=1S/C16H10ClN5/c17-13-5-3-11(4-6-13)15-20-16-19-9-7-14(22(16)21-15)12-2-1-8-18-10-12/h1-10H. The van der Waals surface area contributed by atoms with E-state index in [0.717, 1.165) is 16.8 Å². The van der Waals surface area contributed by atoms with Crippen LogP contribution in [-0.2, 0) is 0 Å². The van der Waals surface area contributed by atoms with Crippen LogP contribution >= 0.6 is 11.6 Å². The Kier molecular flexibility index (Phi) is 3.05. The van der Waals surface area contributed by atoms with Crippen LogP contribution in [0.25, 0.3) is 28.4 Å². The van der Waals surface area contributed by atoms with E-state index in [1.165, 1.54) is 0 Å². The van der Waals surface area contributed by atoms with Crippen LogP contribution in [0.1, 0.15) is 0 Å². The van der Waals surface area contributed by atoms with Crippen LogP contribution in [0.2, 0.25) is 5.02 Å². The number of nitrogens with zero attached hydrogens (tertiary/aromatic N) is 5. The van der Waals surface area contributed by atoms with Gasteiger partial charge in [0.1, 0.15) is 0 Å². The minimum Gasteiger partial charge on any atom is -0.264 e. The molecule has 3 aromatic heterocycles. The lowest BCUT2D eigenvalue weighted by molar-refractivity contribution is 0.950. The molecule has 6 heteroatoms. The van der Waals surface area contributed by atoms with Crippen molar-refractivity contribution in [3.8, 4) is 22.6 Å². The molecule has 0 aliphatic heterocycles. The fourth-order valence-electron chi connectivity index (χ4n) is 2.25. The smallest absolute Gasteiger partial charge is 0.253 e. The average molecular weight is 308 g/mol. The first-order valence-corrected chi connectivity index (χ1v) is 7.07. The van der Waals surface area contributed by atoms with Gasteiger partial charge < -0.3 is 0 Å². The van der Waals surface area contributed by atoms with Gasteiger partial charge in [-0.2, -0.15) is 9.50 Å². The van der Waals surface area contributed by atoms with Crippen molar-refractivity contribution in [3.63, 3.8) is 0 Å². The zero-order chi connectivity index (χ0) is 14.9. The summed E-state index contributed by atoms with van der Waals surface area (Å²) in [6, 6.07) is 13.2. The molecular formula is C16H10ClN5. The topological polar surface area (TPSA) is 56.0 Å². The Hall–Kier alpha value is -2.79. The molecule has 0 saturated carbocycles. The summed E-state index contributed by atoms with van der Waals surface area (Å²) in [5.41, 5.74) is 2.75. The molecular weight excluding hydrogens is 298 g/mol. The Morgan fingerprint density at radius 1 is 0.909 bits per heavy atom. The van der Waals surface area contributed by atoms with E-state index in [1.54, 1.807) is 23.1 Å². The maximum atomic E-state index is 5.92. The zero-order valence-electron chi connectivity index (χ0n) is 11.4. The van der Waals surface area contributed by atoms with Gasteiger partial charge in [-0.15, -0.1) is 5.10 Å². The molecule has 3 heterocycles. The number of pyridine rings is 1. The van der Waals surface area contributed by atoms with Crippen molar-refractivity contribution in [2.75, 3.05) is 0 Å². The molecule has 1 aromatic carbocycles. The number of halogens is 1. The fourth-order valence-corrected chi connectivity index (χ4v) is 2.37. The van der Waals surface area contributed by atoms with Crippen LogP contribution in [0.5, 0.6) is 0 Å². The summed E-state index contributed by atoms with van der Waals surface area (Å²) in [5.74, 6) is 1.16. The SMILES string of the molecule is Clc1ccc(-c2nc3nccc(-c4cccnc4)n3n2)cc1. The molecule has 0 spiro atoms. The van der Waals surface area contributed by atoms with Crippen molar-refractivity contribution < 1.29 is 0 Å². The maximum absolute atomic E-state index is 5.92. The summed E-state index contributed by atoms with van der Waals surface area (Å²) >= 11 is 5.92. The lowest BCUT2D eigenvalue weighted by Gasteiger charge is -2.02. The second-order valence-electron chi connectivity index (χ2n) is 4.73. The third kappa shape index (κ3) is 2.21. The molecule has 0 fully saturated rings. The third-order valence-electron chi connectivity index (χ3n) is 3.30. The van der Waals surface area contributed by atoms with Gasteiger partial charge in [-0.25, -0.2) is 4.98 Å². The van der Waals surface area contributed by atoms with Gasteiger partial charge in [0.05, 0.1) is 5.69 Å². The van der Waals surface area contributed by atoms with Gasteiger partial charge in [0.15, 0.2) is 5.82 Å². The predicted octanol–water partition coefficient (Wildman–Crippen LogP) is 3.51. The van der Waals surface area contributed by atoms with E-state index in [-0.39, 0.29) is 0 Å². The van der Waals surface area contributed by atoms with Gasteiger partial charge in [0, 0.05) is 34.7 Å². The lowest BCUT2D eigenvalue weighted by Crippen LogP contribution is -1.96. The van der Waals surface area contributed by atoms with E-state index in [9.17, 15) is 0 Å². The summed E-state index contributed by atoms with van der Waals surface area (Å²) in [6.07, 6.45) is 5.25. The van der Waals surface area contributed by atoms with E-state index >= 15 is 0 Å². The molecule has 0 saturated heterocycles. The predicted molar refractivity (Wildman–Crippen MR) is 84.5 cm³/mol. The number of rotatable bonds is 2. The molecule has 4 rings (SSSR count). The van der Waals surface area contributed by atoms with E-state index in [2.05, 4.69) is 20.1 Å². The first-order chi connectivity index (χ1) is 10.8. The summed E-state index contributed by atoms with van der Waals surface area (Å²) in [6.45, 7) is 0. The number of fused-ring (bicyclic) bond motifs is 1. The van der Waals surface area contributed by atoms with Gasteiger partial charge in [0.25, 0.3) is 5.78 Å². The van der Waals surface area contributed by atoms with E-state index < -0.39 is 0 Å². The molecule has 0 radical (unpaired) electrons. The fraction of sp³-hybridized carbons (Fsp3) is 0. The number of benzene rings is 1. The van der Waals surface area contributed by atoms with Crippen molar-refractivity contribution in [1.29, 1.82) is 0 Å². The van der Waals surface area contributed by atoms with E-state index in [4.69, 9.17) is 11.6 Å². The van der Waals surface area contributed by atoms with Crippen LogP contribution in [-0.4, -0.2) is 24.6 Å². The van der Waals surface area contributed by atoms with Crippen LogP contribution in [0, 0.1) is 0 Å². The first kappa shape index (κ1) is 12.9. The lowest BCUT2D eigenvalue weighted by atomic mass is 10.2. The summed E-state index contributed by atoms with van der Waals surface area (Å²) in [5, 5.41) is 5.24. The summed E-state index contributed by atoms with van der Waals surface area (Å²) in [4.78, 5) is 12.9. The van der Waals surface area contributed by atoms with Crippen LogP contribution in [0.4, 0.5) is 0 Å². The zero-order valence-corrected chi connectivity index (χ0v) is 12.1. The molecule has 0 aliphatic rings. The van der Waals surface area contributed by atoms with Crippen molar-refractivity contribution in [2.24, 2.45) is 0 Å². The normalized spacial score (nSPS) is 11.0. The molecule has 0 N–H and O–H groups in total. The van der Waals surface area contributed by atoms with Crippen LogP contribution < -0.4 is 0 Å². The second kappa shape index (κ2) is 5.20. The minimum absolute atomic E-state index is 0.548. The molecule has 0 amide bonds. The van der Waals surface area contributed by atoms with Crippen molar-refractivity contribution in [2.45, 2.75) is 0 Å². The third-order valence-corrected chi connectivity index (χ3v) is 3.55. The molecule has 22 heavy (non-hydrogen) atoms. The molecule has 0 unspecified atom stereocenters. The highest BCUT2D eigenvalue weighted by Gasteiger charge is 2.11. The Morgan fingerprint density at radius 3 is 2.55 bits per heavy atom. The number of aromatic nitrogens is 5. The monoisotopic (exact) mass is 307 g/mol. The van der Waals surface area contributed by atoms with Crippen molar-refractivity contribution >= 4 is 17.4 Å². The minimum atomic E-state index is 0.548. The van der Waals surface area contributed by atoms with E-state index in [0.29, 0.717) is 16.6 Å². The van der Waals surface area contributed by atoms with Gasteiger partial charge in [-0.05, 0) is 42.5 Å². The Bertz CT molecular complexity index is 932. The Balaban J connectivity index is 1.89. The van der Waals surface area contributed by atoms with Gasteiger partial charge >= 0.3 is 0 Å². The molecule has 0 bridgehead atoms. The van der Waals surface area contributed by atoms with E-state index in [1.807, 2.05) is 42.5 Å². The van der Waals surface area contributed by atoms with Crippen LogP contribution in [0.3, 0.4) is 0 Å². The first-order valence-electron chi connectivity index (χ1n) is 6.69. The largest absolute Gasteiger partial charge is 0.264 e. The van der Waals surface area contributed by atoms with Crippen molar-refractivity contribution in [3.05, 3.63) is 66.1 Å². The highest BCUT2D eigenvalue weighted by atomic mass is 35.5. The Labute approximate surface area is 131 Å². The quantitative estimate of drug-likeness (QED) is 0.568. The van der Waals surface area contributed by atoms with Gasteiger partial charge in [-0.1, -0.05) is 11.6 Å². The average Bonchev–Trinajstić information content (AvgIpc) is 3.00. The molecule has 4 aromatic rings. The van der Waals surface area contributed by atoms with Gasteiger partial charge in [-0.3, -0.25) is 4.98 Å². The molecule has 5 nitrogen and oxygen atoms in total. The molecule has 106 valence electrons. The molecule has 0 atom stereocenters. The van der Waals surface area contributed by atoms with Crippen LogP contribution in [0.15, 0.2) is 61.1 Å². The number of hydrogen-bond donors (Lipinski definition) is 0. The summed E-state index contributed by atoms with van der Waals surface area (Å²) in [7, 11) is 0. The highest BCUT2D eigenvalue weighted by Crippen LogP contribution is 2.22. The second-order valence-corrected chi connectivity index (χ2v) is 5.16.